The second kappa shape index (κ2) is 8.58. The molecular formula is C23H30N5P. The molecule has 2 unspecified atom stereocenters. The lowest BCUT2D eigenvalue weighted by atomic mass is 9.91. The monoisotopic (exact) mass is 407 g/mol. The summed E-state index contributed by atoms with van der Waals surface area (Å²) in [6.45, 7) is 4.61. The maximum Gasteiger partial charge on any atom is 0.0777 e. The fourth-order valence-electron chi connectivity index (χ4n) is 4.25. The lowest BCUT2D eigenvalue weighted by Crippen LogP contribution is -2.31. The molecule has 5 nitrogen and oxygen atoms in total. The summed E-state index contributed by atoms with van der Waals surface area (Å²) in [7, 11) is 2.82. The van der Waals surface area contributed by atoms with Crippen LogP contribution in [0, 0.1) is 0 Å². The molecule has 2 aliphatic rings. The van der Waals surface area contributed by atoms with Crippen LogP contribution in [0.2, 0.25) is 0 Å². The molecule has 29 heavy (non-hydrogen) atoms. The van der Waals surface area contributed by atoms with Gasteiger partial charge >= 0.3 is 0 Å². The molecule has 0 saturated heterocycles. The Morgan fingerprint density at radius 2 is 2.07 bits per heavy atom. The van der Waals surface area contributed by atoms with E-state index in [1.807, 2.05) is 6.92 Å². The Bertz CT molecular complexity index is 961. The quantitative estimate of drug-likeness (QED) is 0.465. The van der Waals surface area contributed by atoms with Gasteiger partial charge in [0.15, 0.2) is 0 Å². The molecular weight excluding hydrogens is 377 g/mol. The van der Waals surface area contributed by atoms with Gasteiger partial charge in [-0.2, -0.15) is 0 Å². The van der Waals surface area contributed by atoms with Crippen LogP contribution in [0.3, 0.4) is 0 Å². The summed E-state index contributed by atoms with van der Waals surface area (Å²) >= 11 is 0. The predicted octanol–water partition coefficient (Wildman–Crippen LogP) is 2.94. The number of hydrazine groups is 1. The Hall–Kier alpha value is -2.33. The summed E-state index contributed by atoms with van der Waals surface area (Å²) in [6, 6.07) is 15.2. The second-order valence-corrected chi connectivity index (χ2v) is 8.41. The smallest absolute Gasteiger partial charge is 0.0777 e. The van der Waals surface area contributed by atoms with E-state index < -0.39 is 0 Å². The Kier molecular flexibility index (Phi) is 5.91. The molecule has 6 heteroatoms. The van der Waals surface area contributed by atoms with Crippen molar-refractivity contribution in [3.63, 3.8) is 0 Å². The van der Waals surface area contributed by atoms with Crippen molar-refractivity contribution >= 4 is 31.5 Å². The summed E-state index contributed by atoms with van der Waals surface area (Å²) in [5.41, 5.74) is 14.1. The maximum atomic E-state index is 6.41. The lowest BCUT2D eigenvalue weighted by Gasteiger charge is -2.24. The molecule has 0 bridgehead atoms. The zero-order valence-electron chi connectivity index (χ0n) is 16.9. The molecule has 152 valence electrons. The molecule has 0 radical (unpaired) electrons. The van der Waals surface area contributed by atoms with Crippen molar-refractivity contribution < 1.29 is 0 Å². The number of anilines is 1. The van der Waals surface area contributed by atoms with E-state index in [1.165, 1.54) is 16.7 Å². The van der Waals surface area contributed by atoms with Crippen molar-refractivity contribution in [2.45, 2.75) is 25.8 Å². The van der Waals surface area contributed by atoms with Crippen LogP contribution in [0.1, 0.15) is 42.5 Å². The van der Waals surface area contributed by atoms with E-state index in [-0.39, 0.29) is 6.04 Å². The minimum Gasteiger partial charge on any atom is -0.401 e. The zero-order valence-corrected chi connectivity index (χ0v) is 18.1. The minimum atomic E-state index is 0.150. The summed E-state index contributed by atoms with van der Waals surface area (Å²) in [6.07, 6.45) is 4.23. The first-order valence-corrected chi connectivity index (χ1v) is 10.8. The van der Waals surface area contributed by atoms with E-state index in [2.05, 4.69) is 68.4 Å². The molecule has 2 aliphatic heterocycles. The van der Waals surface area contributed by atoms with Gasteiger partial charge in [-0.1, -0.05) is 36.4 Å². The number of nitrogens with zero attached hydrogens (tertiary/aromatic N) is 1. The number of para-hydroxylation sites is 1. The Morgan fingerprint density at radius 1 is 1.24 bits per heavy atom. The maximum absolute atomic E-state index is 6.41. The number of fused-ring (bicyclic) bond motifs is 1. The van der Waals surface area contributed by atoms with E-state index in [9.17, 15) is 0 Å². The van der Waals surface area contributed by atoms with Crippen LogP contribution in [-0.4, -0.2) is 24.6 Å². The third kappa shape index (κ3) is 4.18. The molecule has 0 aliphatic carbocycles. The van der Waals surface area contributed by atoms with Crippen molar-refractivity contribution in [3.05, 3.63) is 70.9 Å². The molecule has 2 aromatic rings. The van der Waals surface area contributed by atoms with Crippen molar-refractivity contribution in [3.8, 4) is 0 Å². The van der Waals surface area contributed by atoms with Crippen molar-refractivity contribution in [2.24, 2.45) is 11.6 Å². The van der Waals surface area contributed by atoms with Crippen LogP contribution in [0.4, 0.5) is 5.69 Å². The number of nitrogens with one attached hydrogen (secondary N) is 2. The zero-order chi connectivity index (χ0) is 20.4. The molecule has 2 aromatic carbocycles. The van der Waals surface area contributed by atoms with Crippen molar-refractivity contribution in [1.29, 1.82) is 0 Å². The number of rotatable bonds is 3. The molecule has 4 rings (SSSR count). The predicted molar refractivity (Wildman–Crippen MR) is 126 cm³/mol. The third-order valence-corrected chi connectivity index (χ3v) is 6.23. The average Bonchev–Trinajstić information content (AvgIpc) is 2.86. The van der Waals surface area contributed by atoms with Crippen molar-refractivity contribution in [2.75, 3.05) is 25.0 Å². The fourth-order valence-corrected chi connectivity index (χ4v) is 4.54. The highest BCUT2D eigenvalue weighted by molar-refractivity contribution is 7.28. The highest BCUT2D eigenvalue weighted by atomic mass is 31.0. The highest BCUT2D eigenvalue weighted by Crippen LogP contribution is 2.37. The molecule has 0 fully saturated rings. The first kappa shape index (κ1) is 20.0. The van der Waals surface area contributed by atoms with Gasteiger partial charge in [-0.3, -0.25) is 0 Å². The third-order valence-electron chi connectivity index (χ3n) is 5.73. The molecule has 6 N–H and O–H groups in total. The van der Waals surface area contributed by atoms with Gasteiger partial charge in [0.05, 0.1) is 11.7 Å². The summed E-state index contributed by atoms with van der Waals surface area (Å²) in [5.74, 6) is 6.41. The van der Waals surface area contributed by atoms with Gasteiger partial charge in [0.1, 0.15) is 0 Å². The van der Waals surface area contributed by atoms with Crippen LogP contribution in [0.5, 0.6) is 0 Å². The topological polar surface area (TPSA) is 79.3 Å². The molecule has 0 saturated carbocycles. The van der Waals surface area contributed by atoms with E-state index in [0.29, 0.717) is 0 Å². The van der Waals surface area contributed by atoms with Crippen LogP contribution in [0.15, 0.2) is 54.2 Å². The minimum absolute atomic E-state index is 0.150. The lowest BCUT2D eigenvalue weighted by molar-refractivity contribution is 0.402. The van der Waals surface area contributed by atoms with Crippen LogP contribution in [0.25, 0.3) is 11.3 Å². The number of hydrogen-bond acceptors (Lipinski definition) is 5. The van der Waals surface area contributed by atoms with E-state index in [1.54, 1.807) is 5.01 Å². The second-order valence-electron chi connectivity index (χ2n) is 7.78. The number of hydrogen-bond donors (Lipinski definition) is 4. The SMILES string of the molecule is C/C(N)=C1\c2ccc(C3=CCNCC3)cc2C(Nc2ccccc2P)CCN1N. The summed E-state index contributed by atoms with van der Waals surface area (Å²) in [4.78, 5) is 0. The van der Waals surface area contributed by atoms with Crippen LogP contribution >= 0.6 is 9.24 Å². The van der Waals surface area contributed by atoms with Gasteiger partial charge in [0.25, 0.3) is 0 Å². The molecule has 2 atom stereocenters. The first-order chi connectivity index (χ1) is 14.0. The van der Waals surface area contributed by atoms with Gasteiger partial charge in [-0.25, -0.2) is 5.84 Å². The summed E-state index contributed by atoms with van der Waals surface area (Å²) in [5, 5.41) is 10.1. The van der Waals surface area contributed by atoms with E-state index in [0.717, 1.165) is 60.4 Å². The van der Waals surface area contributed by atoms with Gasteiger partial charge in [0.2, 0.25) is 0 Å². The Morgan fingerprint density at radius 3 is 2.79 bits per heavy atom. The van der Waals surface area contributed by atoms with Crippen LogP contribution < -0.4 is 27.5 Å². The van der Waals surface area contributed by atoms with E-state index >= 15 is 0 Å². The molecule has 0 spiro atoms. The highest BCUT2D eigenvalue weighted by Gasteiger charge is 2.26. The number of allylic oxidation sites excluding steroid dienone is 1. The van der Waals surface area contributed by atoms with Gasteiger partial charge in [-0.15, -0.1) is 9.24 Å². The standard InChI is InChI=1S/C23H30N5P/c1-15(24)23-18-7-6-17(16-8-11-26-12-9-16)14-19(18)20(10-13-28(23)25)27-21-4-2-3-5-22(21)29/h2-8,14,20,26-27H,9-13,24-25,29H2,1H3/b23-15-. The van der Waals surface area contributed by atoms with Gasteiger partial charge in [-0.05, 0) is 60.4 Å². The summed E-state index contributed by atoms with van der Waals surface area (Å²) < 4.78 is 0. The molecule has 0 aromatic heterocycles. The van der Waals surface area contributed by atoms with E-state index in [4.69, 9.17) is 11.6 Å². The molecule has 2 heterocycles. The van der Waals surface area contributed by atoms with Crippen molar-refractivity contribution in [1.82, 2.24) is 10.3 Å². The fraction of sp³-hybridized carbons (Fsp3) is 0.304. The number of nitrogens with two attached hydrogens (primary N) is 2. The molecule has 0 amide bonds. The Balaban J connectivity index is 1.81. The van der Waals surface area contributed by atoms with Gasteiger partial charge in [0, 0.05) is 30.0 Å². The normalized spacial score (nSPS) is 21.1. The van der Waals surface area contributed by atoms with Crippen LogP contribution in [-0.2, 0) is 0 Å². The Labute approximate surface area is 175 Å². The van der Waals surface area contributed by atoms with Gasteiger partial charge < -0.3 is 21.4 Å². The average molecular weight is 408 g/mol. The first-order valence-electron chi connectivity index (χ1n) is 10.2. The largest absolute Gasteiger partial charge is 0.401 e. The number of benzene rings is 2.